The van der Waals surface area contributed by atoms with Crippen molar-refractivity contribution >= 4 is 11.8 Å². The second-order valence-corrected chi connectivity index (χ2v) is 6.91. The Morgan fingerprint density at radius 1 is 1.22 bits per heavy atom. The van der Waals surface area contributed by atoms with Crippen LogP contribution in [0.1, 0.15) is 50.6 Å². The van der Waals surface area contributed by atoms with Crippen molar-refractivity contribution in [1.82, 2.24) is 20.0 Å². The third kappa shape index (κ3) is 3.57. The van der Waals surface area contributed by atoms with E-state index in [4.69, 9.17) is 0 Å². The van der Waals surface area contributed by atoms with Gasteiger partial charge in [-0.1, -0.05) is 6.42 Å². The van der Waals surface area contributed by atoms with Crippen LogP contribution in [0.5, 0.6) is 0 Å². The van der Waals surface area contributed by atoms with Crippen LogP contribution in [-0.4, -0.2) is 39.6 Å². The van der Waals surface area contributed by atoms with Gasteiger partial charge in [0.25, 0.3) is 0 Å². The van der Waals surface area contributed by atoms with E-state index < -0.39 is 0 Å². The van der Waals surface area contributed by atoms with Crippen molar-refractivity contribution in [3.63, 3.8) is 0 Å². The molecule has 0 radical (unpaired) electrons. The van der Waals surface area contributed by atoms with Gasteiger partial charge >= 0.3 is 0 Å². The highest BCUT2D eigenvalue weighted by molar-refractivity contribution is 5.81. The van der Waals surface area contributed by atoms with Crippen molar-refractivity contribution < 1.29 is 9.59 Å². The maximum absolute atomic E-state index is 12.4. The molecule has 1 aromatic heterocycles. The second-order valence-electron chi connectivity index (χ2n) is 6.91. The molecule has 0 bridgehead atoms. The molecule has 126 valence electrons. The normalized spacial score (nSPS) is 20.9. The summed E-state index contributed by atoms with van der Waals surface area (Å²) in [7, 11) is 1.87. The Bertz CT molecular complexity index is 571. The quantitative estimate of drug-likeness (QED) is 0.917. The summed E-state index contributed by atoms with van der Waals surface area (Å²) in [5.74, 6) is 0.668. The molecule has 2 amide bonds. The molecule has 1 N–H and O–H groups in total. The topological polar surface area (TPSA) is 67.2 Å². The van der Waals surface area contributed by atoms with Crippen LogP contribution in [0.15, 0.2) is 12.4 Å². The maximum atomic E-state index is 12.4. The Kier molecular flexibility index (Phi) is 4.68. The highest BCUT2D eigenvalue weighted by atomic mass is 16.2. The van der Waals surface area contributed by atoms with Gasteiger partial charge in [0.2, 0.25) is 11.8 Å². The molecule has 3 rings (SSSR count). The molecular weight excluding hydrogens is 292 g/mol. The fraction of sp³-hybridized carbons (Fsp3) is 0.706. The van der Waals surface area contributed by atoms with Crippen LogP contribution in [-0.2, 0) is 16.6 Å². The van der Waals surface area contributed by atoms with Gasteiger partial charge < -0.3 is 10.2 Å². The van der Waals surface area contributed by atoms with Crippen molar-refractivity contribution in [1.29, 1.82) is 0 Å². The molecule has 0 unspecified atom stereocenters. The van der Waals surface area contributed by atoms with E-state index in [2.05, 4.69) is 10.4 Å². The number of nitrogens with one attached hydrogen (secondary N) is 1. The molecule has 2 fully saturated rings. The molecule has 2 aliphatic rings. The van der Waals surface area contributed by atoms with E-state index in [0.717, 1.165) is 31.2 Å². The summed E-state index contributed by atoms with van der Waals surface area (Å²) < 4.78 is 1.74. The van der Waals surface area contributed by atoms with Crippen molar-refractivity contribution in [3.05, 3.63) is 18.0 Å². The smallest absolute Gasteiger partial charge is 0.225 e. The lowest BCUT2D eigenvalue weighted by Gasteiger charge is -2.36. The molecule has 1 aromatic rings. The minimum atomic E-state index is -0.0363. The number of aromatic nitrogens is 2. The zero-order valence-corrected chi connectivity index (χ0v) is 14.0. The summed E-state index contributed by atoms with van der Waals surface area (Å²) in [6.45, 7) is 3.41. The number of carbonyl (C=O) groups excluding carboxylic acids is 2. The first-order valence-corrected chi connectivity index (χ1v) is 8.62. The monoisotopic (exact) mass is 318 g/mol. The number of aryl methyl sites for hydroxylation is 1. The Labute approximate surface area is 137 Å². The average molecular weight is 318 g/mol. The summed E-state index contributed by atoms with van der Waals surface area (Å²) in [5.41, 5.74) is 1.01. The molecule has 6 heteroatoms. The highest BCUT2D eigenvalue weighted by Crippen LogP contribution is 2.30. The number of amides is 2. The van der Waals surface area contributed by atoms with Gasteiger partial charge in [-0.2, -0.15) is 5.10 Å². The van der Waals surface area contributed by atoms with E-state index in [1.54, 1.807) is 10.9 Å². The minimum absolute atomic E-state index is 0.0135. The third-order valence-corrected chi connectivity index (χ3v) is 5.22. The number of nitrogens with zero attached hydrogens (tertiary/aromatic N) is 3. The Morgan fingerprint density at radius 2 is 1.91 bits per heavy atom. The molecule has 2 heterocycles. The lowest BCUT2D eigenvalue weighted by molar-refractivity contribution is -0.141. The molecule has 1 aliphatic heterocycles. The van der Waals surface area contributed by atoms with Crippen molar-refractivity contribution in [2.45, 2.75) is 45.1 Å². The van der Waals surface area contributed by atoms with Gasteiger partial charge in [0.05, 0.1) is 12.2 Å². The molecule has 23 heavy (non-hydrogen) atoms. The first-order chi connectivity index (χ1) is 11.0. The van der Waals surface area contributed by atoms with Gasteiger partial charge in [-0.15, -0.1) is 0 Å². The van der Waals surface area contributed by atoms with E-state index in [1.807, 2.05) is 25.1 Å². The van der Waals surface area contributed by atoms with Crippen molar-refractivity contribution in [2.24, 2.45) is 18.9 Å². The van der Waals surface area contributed by atoms with Crippen LogP contribution in [0.4, 0.5) is 0 Å². The molecule has 0 aromatic carbocycles. The first-order valence-electron chi connectivity index (χ1n) is 8.62. The zero-order valence-electron chi connectivity index (χ0n) is 14.0. The van der Waals surface area contributed by atoms with Crippen LogP contribution in [0.3, 0.4) is 0 Å². The van der Waals surface area contributed by atoms with Gasteiger partial charge in [0.1, 0.15) is 0 Å². The number of hydrogen-bond donors (Lipinski definition) is 1. The Hall–Kier alpha value is -1.85. The average Bonchev–Trinajstić information content (AvgIpc) is 2.92. The number of piperidine rings is 1. The van der Waals surface area contributed by atoms with Crippen LogP contribution in [0.25, 0.3) is 0 Å². The van der Waals surface area contributed by atoms with E-state index in [-0.39, 0.29) is 23.8 Å². The van der Waals surface area contributed by atoms with Crippen molar-refractivity contribution in [3.8, 4) is 0 Å². The predicted molar refractivity (Wildman–Crippen MR) is 86.4 cm³/mol. The van der Waals surface area contributed by atoms with Gasteiger partial charge in [0.15, 0.2) is 0 Å². The minimum Gasteiger partial charge on any atom is -0.349 e. The summed E-state index contributed by atoms with van der Waals surface area (Å²) in [4.78, 5) is 26.6. The second kappa shape index (κ2) is 6.72. The van der Waals surface area contributed by atoms with E-state index in [9.17, 15) is 9.59 Å². The largest absolute Gasteiger partial charge is 0.349 e. The SMILES string of the molecule is C[C@@H](NC(=O)C1CCN(C(=O)C2CCC2)CC1)c1cnn(C)c1. The van der Waals surface area contributed by atoms with E-state index in [1.165, 1.54) is 6.42 Å². The summed E-state index contributed by atoms with van der Waals surface area (Å²) in [6, 6.07) is -0.0363. The van der Waals surface area contributed by atoms with Crippen LogP contribution in [0, 0.1) is 11.8 Å². The number of hydrogen-bond acceptors (Lipinski definition) is 3. The standard InChI is InChI=1S/C17H26N4O2/c1-12(15-10-18-20(2)11-15)19-16(22)13-6-8-21(9-7-13)17(23)14-4-3-5-14/h10-14H,3-9H2,1-2H3,(H,19,22)/t12-/m1/s1. The zero-order chi connectivity index (χ0) is 16.4. The first kappa shape index (κ1) is 16.0. The lowest BCUT2D eigenvalue weighted by atomic mass is 9.83. The molecule has 1 saturated carbocycles. The van der Waals surface area contributed by atoms with Crippen LogP contribution in [0.2, 0.25) is 0 Å². The van der Waals surface area contributed by atoms with Crippen molar-refractivity contribution in [2.75, 3.05) is 13.1 Å². The van der Waals surface area contributed by atoms with Gasteiger partial charge in [0, 0.05) is 43.7 Å². The number of likely N-dealkylation sites (tertiary alicyclic amines) is 1. The van der Waals surface area contributed by atoms with Gasteiger partial charge in [-0.05, 0) is 32.6 Å². The number of carbonyl (C=O) groups is 2. The fourth-order valence-corrected chi connectivity index (χ4v) is 3.35. The highest BCUT2D eigenvalue weighted by Gasteiger charge is 2.33. The molecule has 1 aliphatic carbocycles. The summed E-state index contributed by atoms with van der Waals surface area (Å²) in [5, 5.41) is 7.21. The molecule has 1 saturated heterocycles. The molecule has 0 spiro atoms. The summed E-state index contributed by atoms with van der Waals surface area (Å²) >= 11 is 0. The Morgan fingerprint density at radius 3 is 2.43 bits per heavy atom. The molecule has 1 atom stereocenters. The maximum Gasteiger partial charge on any atom is 0.225 e. The van der Waals surface area contributed by atoms with Gasteiger partial charge in [-0.25, -0.2) is 0 Å². The molecular formula is C17H26N4O2. The molecule has 6 nitrogen and oxygen atoms in total. The van der Waals surface area contributed by atoms with Crippen LogP contribution < -0.4 is 5.32 Å². The Balaban J connectivity index is 1.47. The lowest BCUT2D eigenvalue weighted by Crippen LogP contribution is -2.46. The fourth-order valence-electron chi connectivity index (χ4n) is 3.35. The van der Waals surface area contributed by atoms with Crippen LogP contribution >= 0.6 is 0 Å². The number of rotatable bonds is 4. The van der Waals surface area contributed by atoms with E-state index in [0.29, 0.717) is 19.0 Å². The summed E-state index contributed by atoms with van der Waals surface area (Å²) in [6.07, 6.45) is 8.51. The predicted octanol–water partition coefficient (Wildman–Crippen LogP) is 1.64. The third-order valence-electron chi connectivity index (χ3n) is 5.22. The van der Waals surface area contributed by atoms with Gasteiger partial charge in [-0.3, -0.25) is 14.3 Å². The van der Waals surface area contributed by atoms with E-state index >= 15 is 0 Å².